The van der Waals surface area contributed by atoms with Gasteiger partial charge in [0.15, 0.2) is 0 Å². The molecule has 0 unspecified atom stereocenters. The summed E-state index contributed by atoms with van der Waals surface area (Å²) in [4.78, 5) is 11.9. The summed E-state index contributed by atoms with van der Waals surface area (Å²) in [6.45, 7) is 5.20. The van der Waals surface area contributed by atoms with Gasteiger partial charge in [-0.25, -0.2) is 0 Å². The van der Waals surface area contributed by atoms with E-state index in [4.69, 9.17) is 4.74 Å². The van der Waals surface area contributed by atoms with Gasteiger partial charge >= 0.3 is 5.97 Å². The zero-order valence-electron chi connectivity index (χ0n) is 25.6. The van der Waals surface area contributed by atoms with E-state index in [9.17, 15) is 4.79 Å². The number of unbranched alkanes of at least 4 members (excludes halogenated alkanes) is 25. The molecule has 2 nitrogen and oxygen atoms in total. The normalized spacial score (nSPS) is 11.3. The van der Waals surface area contributed by atoms with Crippen molar-refractivity contribution in [3.63, 3.8) is 0 Å². The molecular formula is C34H68O2S. The molecule has 0 atom stereocenters. The Morgan fingerprint density at radius 3 is 1.14 bits per heavy atom. The lowest BCUT2D eigenvalue weighted by Gasteiger charge is -2.06. The van der Waals surface area contributed by atoms with Gasteiger partial charge in [0.2, 0.25) is 0 Å². The fourth-order valence-electron chi connectivity index (χ4n) is 5.03. The standard InChI is InChI=1S/C34H68O2S/c1-3-5-7-9-11-13-15-17-19-21-23-25-27-29-32-37-33-30-34(35)36-31-28-26-24-22-20-18-16-14-12-10-8-6-4-2/h3-33H2,1-2H3. The van der Waals surface area contributed by atoms with Gasteiger partial charge < -0.3 is 4.74 Å². The van der Waals surface area contributed by atoms with Crippen molar-refractivity contribution in [2.24, 2.45) is 0 Å². The molecule has 0 heterocycles. The van der Waals surface area contributed by atoms with Crippen LogP contribution in [0.3, 0.4) is 0 Å². The molecule has 0 aliphatic heterocycles. The van der Waals surface area contributed by atoms with Crippen molar-refractivity contribution in [3.8, 4) is 0 Å². The Kier molecular flexibility index (Phi) is 33.7. The number of ether oxygens (including phenoxy) is 1. The molecule has 3 heteroatoms. The second kappa shape index (κ2) is 33.8. The van der Waals surface area contributed by atoms with Crippen LogP contribution in [0.2, 0.25) is 0 Å². The van der Waals surface area contributed by atoms with Crippen molar-refractivity contribution in [1.82, 2.24) is 0 Å². The van der Waals surface area contributed by atoms with Crippen LogP contribution >= 0.6 is 11.8 Å². The molecule has 0 aromatic rings. The Bertz CT molecular complexity index is 426. The first-order chi connectivity index (χ1) is 18.3. The van der Waals surface area contributed by atoms with E-state index in [0.717, 1.165) is 12.2 Å². The van der Waals surface area contributed by atoms with Crippen LogP contribution < -0.4 is 0 Å². The number of carbonyl (C=O) groups is 1. The minimum absolute atomic E-state index is 0.00685. The fraction of sp³-hybridized carbons (Fsp3) is 0.971. The highest BCUT2D eigenvalue weighted by atomic mass is 32.2. The average molecular weight is 541 g/mol. The summed E-state index contributed by atoms with van der Waals surface area (Å²) in [5, 5.41) is 0. The van der Waals surface area contributed by atoms with Crippen molar-refractivity contribution in [3.05, 3.63) is 0 Å². The zero-order chi connectivity index (χ0) is 26.9. The molecule has 0 aliphatic carbocycles. The Morgan fingerprint density at radius 1 is 0.432 bits per heavy atom. The van der Waals surface area contributed by atoms with E-state index in [2.05, 4.69) is 13.8 Å². The predicted octanol–water partition coefficient (Wildman–Crippen LogP) is 12.2. The van der Waals surface area contributed by atoms with E-state index < -0.39 is 0 Å². The summed E-state index contributed by atoms with van der Waals surface area (Å²) in [6, 6.07) is 0. The molecule has 0 saturated carbocycles. The minimum Gasteiger partial charge on any atom is -0.466 e. The van der Waals surface area contributed by atoms with E-state index in [1.807, 2.05) is 11.8 Å². The summed E-state index contributed by atoms with van der Waals surface area (Å²) in [5.41, 5.74) is 0. The first kappa shape index (κ1) is 36.8. The molecule has 0 fully saturated rings. The Labute approximate surface area is 238 Å². The summed E-state index contributed by atoms with van der Waals surface area (Å²) in [7, 11) is 0. The monoisotopic (exact) mass is 540 g/mol. The lowest BCUT2D eigenvalue weighted by molar-refractivity contribution is -0.143. The molecule has 0 amide bonds. The van der Waals surface area contributed by atoms with Gasteiger partial charge in [0.1, 0.15) is 0 Å². The molecule has 0 aromatic carbocycles. The van der Waals surface area contributed by atoms with Crippen LogP contribution in [-0.4, -0.2) is 24.1 Å². The number of rotatable bonds is 32. The van der Waals surface area contributed by atoms with Crippen molar-refractivity contribution in [1.29, 1.82) is 0 Å². The van der Waals surface area contributed by atoms with Crippen LogP contribution in [0.5, 0.6) is 0 Å². The van der Waals surface area contributed by atoms with E-state index in [1.54, 1.807) is 0 Å². The number of carbonyl (C=O) groups excluding carboxylic acids is 1. The largest absolute Gasteiger partial charge is 0.466 e. The van der Waals surface area contributed by atoms with Gasteiger partial charge in [-0.2, -0.15) is 11.8 Å². The third kappa shape index (κ3) is 33.8. The Morgan fingerprint density at radius 2 is 0.757 bits per heavy atom. The second-order valence-electron chi connectivity index (χ2n) is 11.4. The van der Waals surface area contributed by atoms with Gasteiger partial charge in [-0.15, -0.1) is 0 Å². The highest BCUT2D eigenvalue weighted by molar-refractivity contribution is 7.99. The Balaban J connectivity index is 3.14. The molecule has 0 bridgehead atoms. The summed E-state index contributed by atoms with van der Waals surface area (Å²) in [5.74, 6) is 2.13. The molecule has 0 aliphatic rings. The highest BCUT2D eigenvalue weighted by Crippen LogP contribution is 2.15. The fourth-order valence-corrected chi connectivity index (χ4v) is 5.96. The van der Waals surface area contributed by atoms with Crippen molar-refractivity contribution in [2.45, 2.75) is 194 Å². The van der Waals surface area contributed by atoms with E-state index in [1.165, 1.54) is 173 Å². The molecule has 0 saturated heterocycles. The molecule has 0 radical (unpaired) electrons. The van der Waals surface area contributed by atoms with Crippen LogP contribution in [0.1, 0.15) is 194 Å². The second-order valence-corrected chi connectivity index (χ2v) is 12.6. The number of hydrogen-bond donors (Lipinski definition) is 0. The van der Waals surface area contributed by atoms with E-state index in [-0.39, 0.29) is 5.97 Å². The van der Waals surface area contributed by atoms with Gasteiger partial charge in [0.05, 0.1) is 13.0 Å². The number of esters is 1. The summed E-state index contributed by atoms with van der Waals surface area (Å²) < 4.78 is 5.42. The van der Waals surface area contributed by atoms with Crippen LogP contribution in [-0.2, 0) is 9.53 Å². The topological polar surface area (TPSA) is 26.3 Å². The Hall–Kier alpha value is -0.180. The first-order valence-electron chi connectivity index (χ1n) is 17.0. The zero-order valence-corrected chi connectivity index (χ0v) is 26.5. The molecule has 0 rings (SSSR count). The van der Waals surface area contributed by atoms with Crippen molar-refractivity contribution < 1.29 is 9.53 Å². The van der Waals surface area contributed by atoms with Gasteiger partial charge in [0.25, 0.3) is 0 Å². The number of hydrogen-bond acceptors (Lipinski definition) is 3. The maximum atomic E-state index is 11.9. The molecule has 0 spiro atoms. The third-order valence-electron chi connectivity index (χ3n) is 7.60. The van der Waals surface area contributed by atoms with E-state index >= 15 is 0 Å². The van der Waals surface area contributed by atoms with Crippen molar-refractivity contribution >= 4 is 17.7 Å². The van der Waals surface area contributed by atoms with E-state index in [0.29, 0.717) is 13.0 Å². The highest BCUT2D eigenvalue weighted by Gasteiger charge is 2.03. The lowest BCUT2D eigenvalue weighted by atomic mass is 10.0. The average Bonchev–Trinajstić information content (AvgIpc) is 2.90. The molecule has 0 aromatic heterocycles. The van der Waals surface area contributed by atoms with Crippen LogP contribution in [0, 0.1) is 0 Å². The molecule has 37 heavy (non-hydrogen) atoms. The van der Waals surface area contributed by atoms with Gasteiger partial charge in [0, 0.05) is 5.75 Å². The van der Waals surface area contributed by atoms with Crippen LogP contribution in [0.25, 0.3) is 0 Å². The summed E-state index contributed by atoms with van der Waals surface area (Å²) in [6.07, 6.45) is 37.9. The van der Waals surface area contributed by atoms with Gasteiger partial charge in [-0.3, -0.25) is 4.79 Å². The van der Waals surface area contributed by atoms with Crippen molar-refractivity contribution in [2.75, 3.05) is 18.1 Å². The minimum atomic E-state index is 0.00685. The van der Waals surface area contributed by atoms with Gasteiger partial charge in [-0.1, -0.05) is 174 Å². The molecular weight excluding hydrogens is 472 g/mol. The number of thioether (sulfide) groups is 1. The maximum Gasteiger partial charge on any atom is 0.306 e. The van der Waals surface area contributed by atoms with Gasteiger partial charge in [-0.05, 0) is 18.6 Å². The SMILES string of the molecule is CCCCCCCCCCCCCCCCSCCC(=O)OCCCCCCCCCCCCCCC. The first-order valence-corrected chi connectivity index (χ1v) is 18.2. The summed E-state index contributed by atoms with van der Waals surface area (Å²) >= 11 is 1.93. The van der Waals surface area contributed by atoms with Crippen LogP contribution in [0.15, 0.2) is 0 Å². The third-order valence-corrected chi connectivity index (χ3v) is 8.67. The molecule has 0 N–H and O–H groups in total. The lowest BCUT2D eigenvalue weighted by Crippen LogP contribution is -2.07. The predicted molar refractivity (Wildman–Crippen MR) is 169 cm³/mol. The quantitative estimate of drug-likeness (QED) is 0.0626. The smallest absolute Gasteiger partial charge is 0.306 e. The van der Waals surface area contributed by atoms with Crippen LogP contribution in [0.4, 0.5) is 0 Å². The molecule has 222 valence electrons. The maximum absolute atomic E-state index is 11.9.